The molecule has 1 aliphatic carbocycles. The lowest BCUT2D eigenvalue weighted by Crippen LogP contribution is -2.39. The first kappa shape index (κ1) is 27.5. The Morgan fingerprint density at radius 1 is 1.02 bits per heavy atom. The normalized spacial score (nSPS) is 14.6. The summed E-state index contributed by atoms with van der Waals surface area (Å²) in [7, 11) is -4.00. The van der Waals surface area contributed by atoms with Crippen LogP contribution >= 0.6 is 0 Å². The van der Waals surface area contributed by atoms with Gasteiger partial charge >= 0.3 is 6.18 Å². The zero-order valence-electron chi connectivity index (χ0n) is 22.1. The maximum absolute atomic E-state index is 13.9. The number of hydrogen-bond donors (Lipinski definition) is 3. The summed E-state index contributed by atoms with van der Waals surface area (Å²) in [6.07, 6.45) is -1.68. The maximum Gasteiger partial charge on any atom is 0.411 e. The van der Waals surface area contributed by atoms with Crippen LogP contribution in [0.25, 0.3) is 28.0 Å². The van der Waals surface area contributed by atoms with Crippen LogP contribution < -0.4 is 15.8 Å². The van der Waals surface area contributed by atoms with Crippen LogP contribution in [0.1, 0.15) is 24.0 Å². The molecule has 11 nitrogen and oxygen atoms in total. The zero-order chi connectivity index (χ0) is 29.7. The van der Waals surface area contributed by atoms with Gasteiger partial charge in [-0.2, -0.15) is 23.3 Å². The monoisotopic (exact) mass is 595 g/mol. The topological polar surface area (TPSA) is 154 Å². The molecular formula is C27H24F3N9O2S. The van der Waals surface area contributed by atoms with E-state index in [1.54, 1.807) is 42.2 Å². The van der Waals surface area contributed by atoms with Crippen LogP contribution in [-0.4, -0.2) is 49.8 Å². The molecule has 6 rings (SSSR count). The second kappa shape index (κ2) is 10.0. The molecule has 0 amide bonds. The number of primary sulfonamides is 1. The molecule has 0 unspecified atom stereocenters. The molecule has 3 heterocycles. The van der Waals surface area contributed by atoms with E-state index in [4.69, 9.17) is 5.14 Å². The Bertz CT molecular complexity index is 1890. The first-order valence-electron chi connectivity index (χ1n) is 12.8. The van der Waals surface area contributed by atoms with E-state index >= 15 is 0 Å². The number of rotatable bonds is 8. The number of pyridine rings is 1. The smallest absolute Gasteiger partial charge is 0.354 e. The number of nitrogens with one attached hydrogen (secondary N) is 2. The van der Waals surface area contributed by atoms with Crippen LogP contribution in [0.2, 0.25) is 0 Å². The van der Waals surface area contributed by atoms with E-state index < -0.39 is 21.7 Å². The third-order valence-corrected chi connectivity index (χ3v) is 8.11. The third-order valence-electron chi connectivity index (χ3n) is 7.05. The molecule has 1 fully saturated rings. The Kier molecular flexibility index (Phi) is 6.57. The number of alkyl halides is 3. The van der Waals surface area contributed by atoms with Crippen molar-refractivity contribution in [3.63, 3.8) is 0 Å². The average molecular weight is 596 g/mol. The largest absolute Gasteiger partial charge is 0.411 e. The fraction of sp³-hybridized carbons (Fsp3) is 0.222. The van der Waals surface area contributed by atoms with Crippen molar-refractivity contribution < 1.29 is 21.6 Å². The molecule has 0 spiro atoms. The van der Waals surface area contributed by atoms with E-state index in [-0.39, 0.29) is 35.0 Å². The number of halogens is 3. The van der Waals surface area contributed by atoms with Crippen molar-refractivity contribution in [1.82, 2.24) is 29.7 Å². The lowest BCUT2D eigenvalue weighted by atomic mass is 10.1. The molecule has 0 atom stereocenters. The predicted molar refractivity (Wildman–Crippen MR) is 149 cm³/mol. The van der Waals surface area contributed by atoms with Crippen LogP contribution in [-0.2, 0) is 16.6 Å². The number of hydrogen-bond acceptors (Lipinski definition) is 9. The Morgan fingerprint density at radius 3 is 2.43 bits per heavy atom. The zero-order valence-corrected chi connectivity index (χ0v) is 22.9. The van der Waals surface area contributed by atoms with Crippen LogP contribution in [0, 0.1) is 6.92 Å². The van der Waals surface area contributed by atoms with Crippen molar-refractivity contribution in [1.29, 1.82) is 0 Å². The maximum atomic E-state index is 13.9. The van der Waals surface area contributed by atoms with E-state index in [9.17, 15) is 21.6 Å². The molecule has 0 aliphatic heterocycles. The van der Waals surface area contributed by atoms with Crippen molar-refractivity contribution in [2.45, 2.75) is 42.9 Å². The van der Waals surface area contributed by atoms with Crippen molar-refractivity contribution in [2.24, 2.45) is 5.14 Å². The standard InChI is InChI=1S/C27H24F3N9O2S/c1-16-2-5-18(12-22(16)42(31,40)41)20-8-9-21-23(35-20)24(38-26(10-11-26)27(28,29)30)37-25(36-21)33-13-17-3-6-19(7-4-17)39-15-32-14-34-39/h2-9,12,14-15H,10-11,13H2,1H3,(H2,31,40,41)(H2,33,36,37,38). The molecule has 1 aliphatic rings. The van der Waals surface area contributed by atoms with Gasteiger partial charge in [0.05, 0.1) is 21.8 Å². The summed E-state index contributed by atoms with van der Waals surface area (Å²) in [5.74, 6) is 0.0317. The van der Waals surface area contributed by atoms with Gasteiger partial charge in [-0.3, -0.25) is 0 Å². The Morgan fingerprint density at radius 2 is 1.79 bits per heavy atom. The summed E-state index contributed by atoms with van der Waals surface area (Å²) in [5, 5.41) is 15.1. The van der Waals surface area contributed by atoms with E-state index in [2.05, 4.69) is 35.7 Å². The summed E-state index contributed by atoms with van der Waals surface area (Å²) in [5.41, 5.74) is 1.21. The van der Waals surface area contributed by atoms with Gasteiger partial charge in [0.15, 0.2) is 5.82 Å². The van der Waals surface area contributed by atoms with Gasteiger partial charge in [-0.15, -0.1) is 0 Å². The summed E-state index contributed by atoms with van der Waals surface area (Å²) in [4.78, 5) is 17.3. The fourth-order valence-corrected chi connectivity index (χ4v) is 5.34. The minimum absolute atomic E-state index is 0.0700. The van der Waals surface area contributed by atoms with Crippen LogP contribution in [0.5, 0.6) is 0 Å². The van der Waals surface area contributed by atoms with E-state index in [1.807, 2.05) is 24.3 Å². The molecule has 3 aromatic heterocycles. The quantitative estimate of drug-likeness (QED) is 0.238. The minimum atomic E-state index is -4.50. The number of sulfonamides is 1. The second-order valence-electron chi connectivity index (χ2n) is 10.1. The molecule has 15 heteroatoms. The molecule has 5 aromatic rings. The SMILES string of the molecule is Cc1ccc(-c2ccc3nc(NCc4ccc(-n5cncn5)cc4)nc(NC4(C(F)(F)F)CC4)c3n2)cc1S(N)(=O)=O. The molecule has 0 bridgehead atoms. The van der Waals surface area contributed by atoms with Gasteiger partial charge in [0.1, 0.15) is 23.7 Å². The van der Waals surface area contributed by atoms with Crippen molar-refractivity contribution in [3.05, 3.63) is 78.4 Å². The minimum Gasteiger partial charge on any atom is -0.354 e. The molecule has 216 valence electrons. The highest BCUT2D eigenvalue weighted by molar-refractivity contribution is 7.89. The number of benzene rings is 2. The van der Waals surface area contributed by atoms with Crippen LogP contribution in [0.4, 0.5) is 24.9 Å². The fourth-order valence-electron chi connectivity index (χ4n) is 4.53. The molecule has 4 N–H and O–H groups in total. The Balaban J connectivity index is 1.35. The van der Waals surface area contributed by atoms with Gasteiger partial charge in [-0.25, -0.2) is 33.2 Å². The van der Waals surface area contributed by atoms with Gasteiger partial charge in [-0.1, -0.05) is 24.3 Å². The van der Waals surface area contributed by atoms with E-state index in [0.717, 1.165) is 11.3 Å². The van der Waals surface area contributed by atoms with Gasteiger partial charge in [-0.05, 0) is 61.2 Å². The Labute approximate surface area is 238 Å². The highest BCUT2D eigenvalue weighted by atomic mass is 32.2. The number of aromatic nitrogens is 6. The van der Waals surface area contributed by atoms with Gasteiger partial charge in [0, 0.05) is 12.1 Å². The molecular weight excluding hydrogens is 571 g/mol. The average Bonchev–Trinajstić information content (AvgIpc) is 3.54. The summed E-state index contributed by atoms with van der Waals surface area (Å²) in [6, 6.07) is 15.3. The second-order valence-corrected chi connectivity index (χ2v) is 11.6. The van der Waals surface area contributed by atoms with Crippen molar-refractivity contribution in [2.75, 3.05) is 10.6 Å². The van der Waals surface area contributed by atoms with Crippen molar-refractivity contribution in [3.8, 4) is 16.9 Å². The molecule has 0 radical (unpaired) electrons. The lowest BCUT2D eigenvalue weighted by Gasteiger charge is -2.22. The van der Waals surface area contributed by atoms with Crippen LogP contribution in [0.15, 0.2) is 72.1 Å². The van der Waals surface area contributed by atoms with Crippen LogP contribution in [0.3, 0.4) is 0 Å². The number of nitrogens with zero attached hydrogens (tertiary/aromatic N) is 6. The first-order valence-corrected chi connectivity index (χ1v) is 14.3. The van der Waals surface area contributed by atoms with E-state index in [1.165, 1.54) is 12.4 Å². The number of nitrogens with two attached hydrogens (primary N) is 1. The van der Waals surface area contributed by atoms with Crippen molar-refractivity contribution >= 4 is 32.8 Å². The van der Waals surface area contributed by atoms with Gasteiger partial charge in [0.25, 0.3) is 0 Å². The number of aryl methyl sites for hydroxylation is 1. The molecule has 1 saturated carbocycles. The lowest BCUT2D eigenvalue weighted by molar-refractivity contribution is -0.151. The van der Waals surface area contributed by atoms with Gasteiger partial charge < -0.3 is 10.6 Å². The highest BCUT2D eigenvalue weighted by Crippen LogP contribution is 2.51. The molecule has 42 heavy (non-hydrogen) atoms. The Hall–Kier alpha value is -4.63. The molecule has 0 saturated heterocycles. The highest BCUT2D eigenvalue weighted by Gasteiger charge is 2.64. The summed E-state index contributed by atoms with van der Waals surface area (Å²) < 4.78 is 67.4. The third kappa shape index (κ3) is 5.35. The molecule has 2 aromatic carbocycles. The number of fused-ring (bicyclic) bond motifs is 1. The van der Waals surface area contributed by atoms with Gasteiger partial charge in [0.2, 0.25) is 16.0 Å². The number of anilines is 2. The predicted octanol–water partition coefficient (Wildman–Crippen LogP) is 4.35. The van der Waals surface area contributed by atoms with E-state index in [0.29, 0.717) is 28.9 Å². The summed E-state index contributed by atoms with van der Waals surface area (Å²) in [6.45, 7) is 1.91. The first-order chi connectivity index (χ1) is 19.9. The summed E-state index contributed by atoms with van der Waals surface area (Å²) >= 11 is 0.